The number of benzene rings is 2. The van der Waals surface area contributed by atoms with Crippen LogP contribution < -0.4 is 5.73 Å². The Balaban J connectivity index is 2.26. The van der Waals surface area contributed by atoms with Gasteiger partial charge in [-0.1, -0.05) is 23.0 Å². The second-order valence-electron chi connectivity index (χ2n) is 3.69. The Labute approximate surface area is 122 Å². The molecule has 0 unspecified atom stereocenters. The Kier molecular flexibility index (Phi) is 4.44. The summed E-state index contributed by atoms with van der Waals surface area (Å²) in [7, 11) is 0. The maximum Gasteiger partial charge on any atom is 0.171 e. The second kappa shape index (κ2) is 6.08. The molecule has 2 aromatic rings. The van der Waals surface area contributed by atoms with Gasteiger partial charge in [-0.3, -0.25) is 0 Å². The van der Waals surface area contributed by atoms with Crippen LogP contribution in [0.2, 0.25) is 0 Å². The van der Waals surface area contributed by atoms with Gasteiger partial charge in [-0.2, -0.15) is 0 Å². The molecule has 19 heavy (non-hydrogen) atoms. The minimum absolute atomic E-state index is 0.0363. The minimum atomic E-state index is -0.266. The summed E-state index contributed by atoms with van der Waals surface area (Å²) in [5.41, 5.74) is 6.13. The molecule has 0 saturated carbocycles. The third kappa shape index (κ3) is 3.48. The summed E-state index contributed by atoms with van der Waals surface area (Å²) in [6.45, 7) is 0. The average molecular weight is 341 g/mol. The van der Waals surface area contributed by atoms with Crippen LogP contribution in [0, 0.1) is 5.82 Å². The summed E-state index contributed by atoms with van der Waals surface area (Å²) >= 11 is 4.79. The molecule has 0 spiro atoms. The van der Waals surface area contributed by atoms with E-state index in [0.29, 0.717) is 10.0 Å². The first kappa shape index (κ1) is 13.9. The summed E-state index contributed by atoms with van der Waals surface area (Å²) in [6.07, 6.45) is 0. The van der Waals surface area contributed by atoms with E-state index in [1.807, 2.05) is 18.2 Å². The van der Waals surface area contributed by atoms with Crippen LogP contribution in [0.25, 0.3) is 0 Å². The van der Waals surface area contributed by atoms with Crippen molar-refractivity contribution in [3.8, 4) is 0 Å². The topological polar surface area (TPSA) is 58.6 Å². The van der Waals surface area contributed by atoms with Crippen LogP contribution in [0.1, 0.15) is 5.56 Å². The van der Waals surface area contributed by atoms with Crippen LogP contribution in [0.4, 0.5) is 4.39 Å². The van der Waals surface area contributed by atoms with Gasteiger partial charge in [0.05, 0.1) is 0 Å². The van der Waals surface area contributed by atoms with E-state index in [1.54, 1.807) is 12.1 Å². The van der Waals surface area contributed by atoms with Crippen molar-refractivity contribution in [3.05, 3.63) is 58.3 Å². The fraction of sp³-hybridized carbons (Fsp3) is 0. The molecule has 0 bridgehead atoms. The number of halogens is 2. The van der Waals surface area contributed by atoms with Gasteiger partial charge in [-0.15, -0.1) is 0 Å². The molecular weight excluding hydrogens is 331 g/mol. The fourth-order valence-electron chi connectivity index (χ4n) is 1.49. The number of amidine groups is 1. The summed E-state index contributed by atoms with van der Waals surface area (Å²) < 4.78 is 13.8. The first-order valence-electron chi connectivity index (χ1n) is 5.31. The first-order valence-corrected chi connectivity index (χ1v) is 6.92. The van der Waals surface area contributed by atoms with Gasteiger partial charge in [-0.05, 0) is 52.3 Å². The lowest BCUT2D eigenvalue weighted by Gasteiger charge is -2.06. The molecule has 2 rings (SSSR count). The van der Waals surface area contributed by atoms with Gasteiger partial charge in [0.1, 0.15) is 5.82 Å². The lowest BCUT2D eigenvalue weighted by molar-refractivity contribution is 0.318. The van der Waals surface area contributed by atoms with E-state index in [-0.39, 0.29) is 11.7 Å². The molecule has 2 aromatic carbocycles. The number of hydrogen-bond acceptors (Lipinski definition) is 3. The SMILES string of the molecule is N/C(=N/O)c1ccc(Sc2cccc(F)c2)cc1Br. The molecule has 6 heteroatoms. The molecule has 3 nitrogen and oxygen atoms in total. The van der Waals surface area contributed by atoms with E-state index in [0.717, 1.165) is 9.79 Å². The molecule has 98 valence electrons. The Morgan fingerprint density at radius 1 is 1.21 bits per heavy atom. The standard InChI is InChI=1S/C13H10BrFN2OS/c14-12-7-10(4-5-11(12)13(16)17-18)19-9-3-1-2-8(15)6-9/h1-7,18H,(H2,16,17). The highest BCUT2D eigenvalue weighted by Gasteiger charge is 2.07. The molecule has 0 aliphatic carbocycles. The van der Waals surface area contributed by atoms with Crippen LogP contribution in [-0.2, 0) is 0 Å². The summed E-state index contributed by atoms with van der Waals surface area (Å²) in [5.74, 6) is -0.230. The van der Waals surface area contributed by atoms with Crippen molar-refractivity contribution in [3.63, 3.8) is 0 Å². The van der Waals surface area contributed by atoms with E-state index < -0.39 is 0 Å². The number of oxime groups is 1. The van der Waals surface area contributed by atoms with Crippen LogP contribution in [0.3, 0.4) is 0 Å². The highest BCUT2D eigenvalue weighted by Crippen LogP contribution is 2.31. The average Bonchev–Trinajstić information content (AvgIpc) is 2.38. The van der Waals surface area contributed by atoms with Crippen molar-refractivity contribution >= 4 is 33.5 Å². The van der Waals surface area contributed by atoms with Crippen LogP contribution >= 0.6 is 27.7 Å². The van der Waals surface area contributed by atoms with Crippen LogP contribution in [0.15, 0.2) is 61.9 Å². The molecule has 0 fully saturated rings. The second-order valence-corrected chi connectivity index (χ2v) is 5.69. The van der Waals surface area contributed by atoms with Crippen molar-refractivity contribution in [2.24, 2.45) is 10.9 Å². The van der Waals surface area contributed by atoms with Gasteiger partial charge in [-0.25, -0.2) is 4.39 Å². The Morgan fingerprint density at radius 2 is 1.95 bits per heavy atom. The molecule has 0 aliphatic rings. The molecule has 0 saturated heterocycles. The number of nitrogens with zero attached hydrogens (tertiary/aromatic N) is 1. The normalized spacial score (nSPS) is 11.6. The molecule has 0 heterocycles. The largest absolute Gasteiger partial charge is 0.409 e. The lowest BCUT2D eigenvalue weighted by Crippen LogP contribution is -2.13. The predicted molar refractivity (Wildman–Crippen MR) is 77.2 cm³/mol. The van der Waals surface area contributed by atoms with E-state index in [2.05, 4.69) is 21.1 Å². The zero-order valence-electron chi connectivity index (χ0n) is 9.68. The van der Waals surface area contributed by atoms with Crippen molar-refractivity contribution in [1.82, 2.24) is 0 Å². The minimum Gasteiger partial charge on any atom is -0.409 e. The molecule has 0 atom stereocenters. The van der Waals surface area contributed by atoms with Crippen LogP contribution in [0.5, 0.6) is 0 Å². The number of nitrogens with two attached hydrogens (primary N) is 1. The van der Waals surface area contributed by atoms with E-state index in [1.165, 1.54) is 23.9 Å². The molecule has 0 amide bonds. The first-order chi connectivity index (χ1) is 9.10. The van der Waals surface area contributed by atoms with E-state index in [4.69, 9.17) is 10.9 Å². The predicted octanol–water partition coefficient (Wildman–Crippen LogP) is 3.83. The van der Waals surface area contributed by atoms with Gasteiger partial charge in [0.25, 0.3) is 0 Å². The third-order valence-electron chi connectivity index (χ3n) is 2.36. The monoisotopic (exact) mass is 340 g/mol. The van der Waals surface area contributed by atoms with Gasteiger partial charge in [0.15, 0.2) is 5.84 Å². The van der Waals surface area contributed by atoms with Gasteiger partial charge >= 0.3 is 0 Å². The molecule has 3 N–H and O–H groups in total. The summed E-state index contributed by atoms with van der Waals surface area (Å²) in [4.78, 5) is 1.73. The van der Waals surface area contributed by atoms with Crippen molar-refractivity contribution in [2.45, 2.75) is 9.79 Å². The van der Waals surface area contributed by atoms with E-state index >= 15 is 0 Å². The molecule has 0 radical (unpaired) electrons. The van der Waals surface area contributed by atoms with E-state index in [9.17, 15) is 4.39 Å². The van der Waals surface area contributed by atoms with Crippen molar-refractivity contribution < 1.29 is 9.60 Å². The molecule has 0 aromatic heterocycles. The zero-order chi connectivity index (χ0) is 13.8. The highest BCUT2D eigenvalue weighted by molar-refractivity contribution is 9.10. The molecular formula is C13H10BrFN2OS. The van der Waals surface area contributed by atoms with Crippen molar-refractivity contribution in [2.75, 3.05) is 0 Å². The zero-order valence-corrected chi connectivity index (χ0v) is 12.1. The van der Waals surface area contributed by atoms with Gasteiger partial charge in [0.2, 0.25) is 0 Å². The lowest BCUT2D eigenvalue weighted by atomic mass is 10.2. The third-order valence-corrected chi connectivity index (χ3v) is 3.99. The Hall–Kier alpha value is -1.53. The smallest absolute Gasteiger partial charge is 0.171 e. The summed E-state index contributed by atoms with van der Waals surface area (Å²) in [5, 5.41) is 11.6. The van der Waals surface area contributed by atoms with Gasteiger partial charge in [0, 0.05) is 19.8 Å². The Morgan fingerprint density at radius 3 is 2.58 bits per heavy atom. The number of hydrogen-bond donors (Lipinski definition) is 2. The highest BCUT2D eigenvalue weighted by atomic mass is 79.9. The number of rotatable bonds is 3. The Bertz CT molecular complexity index is 634. The van der Waals surface area contributed by atoms with Crippen LogP contribution in [-0.4, -0.2) is 11.0 Å². The maximum atomic E-state index is 13.1. The summed E-state index contributed by atoms with van der Waals surface area (Å²) in [6, 6.07) is 11.8. The fourth-order valence-corrected chi connectivity index (χ4v) is 3.12. The van der Waals surface area contributed by atoms with Gasteiger partial charge < -0.3 is 10.9 Å². The quantitative estimate of drug-likeness (QED) is 0.386. The van der Waals surface area contributed by atoms with Crippen molar-refractivity contribution in [1.29, 1.82) is 0 Å². The maximum absolute atomic E-state index is 13.1. The molecule has 0 aliphatic heterocycles.